The molecule has 3 aromatic rings. The second-order valence-electron chi connectivity index (χ2n) is 5.24. The van der Waals surface area contributed by atoms with E-state index in [0.29, 0.717) is 17.3 Å². The topological polar surface area (TPSA) is 54.9 Å². The first kappa shape index (κ1) is 16.0. The average Bonchev–Trinajstić information content (AvgIpc) is 2.92. The largest absolute Gasteiger partial charge is 0.302 e. The van der Waals surface area contributed by atoms with E-state index in [1.807, 2.05) is 30.5 Å². The number of nitrogens with zero attached hydrogens (tertiary/aromatic N) is 2. The van der Waals surface area contributed by atoms with Crippen LogP contribution in [0.1, 0.15) is 17.7 Å². The van der Waals surface area contributed by atoms with E-state index < -0.39 is 0 Å². The van der Waals surface area contributed by atoms with Crippen molar-refractivity contribution in [2.75, 3.05) is 11.1 Å². The van der Waals surface area contributed by atoms with Gasteiger partial charge in [0.25, 0.3) is 0 Å². The molecule has 0 bridgehead atoms. The Morgan fingerprint density at radius 1 is 1.26 bits per heavy atom. The smallest absolute Gasteiger partial charge is 0.226 e. The summed E-state index contributed by atoms with van der Waals surface area (Å²) in [6, 6.07) is 10.2. The third kappa shape index (κ3) is 4.09. The number of hydrogen-bond acceptors (Lipinski definition) is 5. The first-order valence-electron chi connectivity index (χ1n) is 7.33. The van der Waals surface area contributed by atoms with Crippen LogP contribution in [0.2, 0.25) is 0 Å². The molecule has 0 saturated carbocycles. The number of thiazole rings is 1. The van der Waals surface area contributed by atoms with E-state index in [-0.39, 0.29) is 5.91 Å². The molecule has 0 aliphatic heterocycles. The van der Waals surface area contributed by atoms with Gasteiger partial charge in [0.2, 0.25) is 5.91 Å². The zero-order valence-electron chi connectivity index (χ0n) is 13.0. The van der Waals surface area contributed by atoms with E-state index in [9.17, 15) is 4.79 Å². The van der Waals surface area contributed by atoms with Gasteiger partial charge in [-0.2, -0.15) is 0 Å². The number of pyridine rings is 1. The highest BCUT2D eigenvalue weighted by Gasteiger charge is 2.07. The predicted octanol–water partition coefficient (Wildman–Crippen LogP) is 4.43. The second-order valence-corrected chi connectivity index (χ2v) is 7.21. The molecule has 0 spiro atoms. The van der Waals surface area contributed by atoms with Crippen LogP contribution in [0.15, 0.2) is 40.7 Å². The summed E-state index contributed by atoms with van der Waals surface area (Å²) in [5.74, 6) is 0.686. The summed E-state index contributed by atoms with van der Waals surface area (Å²) in [6.07, 6.45) is 0.441. The number of rotatable bonds is 5. The minimum Gasteiger partial charge on any atom is -0.302 e. The number of aryl methyl sites for hydroxylation is 2. The number of aromatic nitrogens is 2. The molecule has 0 atom stereocenters. The lowest BCUT2D eigenvalue weighted by Crippen LogP contribution is -2.12. The van der Waals surface area contributed by atoms with Crippen LogP contribution in [0.25, 0.3) is 10.9 Å². The normalized spacial score (nSPS) is 10.9. The lowest BCUT2D eigenvalue weighted by Gasteiger charge is -2.06. The molecule has 0 aliphatic rings. The van der Waals surface area contributed by atoms with Crippen molar-refractivity contribution >= 4 is 45.0 Å². The van der Waals surface area contributed by atoms with Crippen LogP contribution in [0.3, 0.4) is 0 Å². The van der Waals surface area contributed by atoms with Gasteiger partial charge in [-0.3, -0.25) is 4.79 Å². The second kappa shape index (κ2) is 7.10. The Morgan fingerprint density at radius 3 is 2.87 bits per heavy atom. The van der Waals surface area contributed by atoms with Gasteiger partial charge in [0.05, 0.1) is 16.2 Å². The Balaban J connectivity index is 1.57. The Bertz CT molecular complexity index is 845. The molecule has 0 fully saturated rings. The molecule has 1 aromatic carbocycles. The number of thioether (sulfide) groups is 1. The van der Waals surface area contributed by atoms with E-state index in [1.54, 1.807) is 11.8 Å². The molecule has 1 amide bonds. The van der Waals surface area contributed by atoms with Gasteiger partial charge < -0.3 is 5.32 Å². The van der Waals surface area contributed by atoms with Crippen molar-refractivity contribution < 1.29 is 4.79 Å². The summed E-state index contributed by atoms with van der Waals surface area (Å²) >= 11 is 3.05. The van der Waals surface area contributed by atoms with E-state index in [4.69, 9.17) is 0 Å². The van der Waals surface area contributed by atoms with Crippen LogP contribution in [-0.2, 0) is 4.79 Å². The molecule has 0 aliphatic carbocycles. The lowest BCUT2D eigenvalue weighted by molar-refractivity contribution is -0.115. The van der Waals surface area contributed by atoms with Crippen molar-refractivity contribution in [1.29, 1.82) is 0 Å². The van der Waals surface area contributed by atoms with Crippen LogP contribution >= 0.6 is 23.1 Å². The van der Waals surface area contributed by atoms with Crippen molar-refractivity contribution in [2.45, 2.75) is 25.3 Å². The van der Waals surface area contributed by atoms with Crippen LogP contribution in [0, 0.1) is 13.8 Å². The SMILES string of the molecule is Cc1csc(NC(=O)CCSc2cc(C)c3ccccc3n2)n1. The molecule has 0 saturated heterocycles. The number of benzene rings is 1. The fourth-order valence-corrected chi connectivity index (χ4v) is 3.86. The van der Waals surface area contributed by atoms with Crippen molar-refractivity contribution in [1.82, 2.24) is 9.97 Å². The standard InChI is InChI=1S/C17H17N3OS2/c1-11-9-16(19-14-6-4-3-5-13(11)14)22-8-7-15(21)20-17-18-12(2)10-23-17/h3-6,9-10H,7-8H2,1-2H3,(H,18,20,21). The van der Waals surface area contributed by atoms with E-state index in [0.717, 1.165) is 16.2 Å². The fourth-order valence-electron chi connectivity index (χ4n) is 2.23. The molecule has 3 rings (SSSR count). The maximum Gasteiger partial charge on any atom is 0.226 e. The lowest BCUT2D eigenvalue weighted by atomic mass is 10.1. The van der Waals surface area contributed by atoms with Crippen LogP contribution in [0.4, 0.5) is 5.13 Å². The highest BCUT2D eigenvalue weighted by Crippen LogP contribution is 2.24. The highest BCUT2D eigenvalue weighted by molar-refractivity contribution is 7.99. The molecular formula is C17H17N3OS2. The summed E-state index contributed by atoms with van der Waals surface area (Å²) in [5, 5.41) is 7.54. The molecule has 1 N–H and O–H groups in total. The average molecular weight is 343 g/mol. The van der Waals surface area contributed by atoms with E-state index in [2.05, 4.69) is 34.3 Å². The fraction of sp³-hybridized carbons (Fsp3) is 0.235. The van der Waals surface area contributed by atoms with Gasteiger partial charge in [-0.1, -0.05) is 18.2 Å². The number of hydrogen-bond donors (Lipinski definition) is 1. The molecule has 2 heterocycles. The monoisotopic (exact) mass is 343 g/mol. The molecule has 6 heteroatoms. The minimum absolute atomic E-state index is 0.00985. The van der Waals surface area contributed by atoms with Gasteiger partial charge in [0.15, 0.2) is 5.13 Å². The molecule has 4 nitrogen and oxygen atoms in total. The van der Waals surface area contributed by atoms with Gasteiger partial charge in [-0.15, -0.1) is 23.1 Å². The zero-order chi connectivity index (χ0) is 16.2. The molecular weight excluding hydrogens is 326 g/mol. The summed E-state index contributed by atoms with van der Waals surface area (Å²) in [7, 11) is 0. The van der Waals surface area contributed by atoms with Gasteiger partial charge in [0, 0.05) is 22.9 Å². The first-order chi connectivity index (χ1) is 11.1. The number of carbonyl (C=O) groups excluding carboxylic acids is 1. The predicted molar refractivity (Wildman–Crippen MR) is 97.3 cm³/mol. The Hall–Kier alpha value is -1.92. The van der Waals surface area contributed by atoms with Crippen LogP contribution < -0.4 is 5.32 Å². The quantitative estimate of drug-likeness (QED) is 0.696. The number of carbonyl (C=O) groups is 1. The number of para-hydroxylation sites is 1. The molecule has 23 heavy (non-hydrogen) atoms. The Morgan fingerprint density at radius 2 is 2.09 bits per heavy atom. The summed E-state index contributed by atoms with van der Waals surface area (Å²) in [5.41, 5.74) is 3.13. The van der Waals surface area contributed by atoms with Gasteiger partial charge in [0.1, 0.15) is 0 Å². The highest BCUT2D eigenvalue weighted by atomic mass is 32.2. The Labute approximate surface area is 143 Å². The van der Waals surface area contributed by atoms with Crippen LogP contribution in [0.5, 0.6) is 0 Å². The number of anilines is 1. The maximum absolute atomic E-state index is 11.9. The number of amides is 1. The number of nitrogens with one attached hydrogen (secondary N) is 1. The Kier molecular flexibility index (Phi) is 4.93. The van der Waals surface area contributed by atoms with Gasteiger partial charge in [-0.25, -0.2) is 9.97 Å². The first-order valence-corrected chi connectivity index (χ1v) is 9.19. The van der Waals surface area contributed by atoms with Gasteiger partial charge >= 0.3 is 0 Å². The van der Waals surface area contributed by atoms with E-state index in [1.165, 1.54) is 22.3 Å². The van der Waals surface area contributed by atoms with Crippen molar-refractivity contribution in [3.05, 3.63) is 47.0 Å². The molecule has 118 valence electrons. The summed E-state index contributed by atoms with van der Waals surface area (Å²) in [6.45, 7) is 4.00. The van der Waals surface area contributed by atoms with Crippen LogP contribution in [-0.4, -0.2) is 21.6 Å². The third-order valence-electron chi connectivity index (χ3n) is 3.34. The molecule has 0 radical (unpaired) electrons. The third-order valence-corrected chi connectivity index (χ3v) is 5.13. The van der Waals surface area contributed by atoms with Crippen molar-refractivity contribution in [3.63, 3.8) is 0 Å². The van der Waals surface area contributed by atoms with Gasteiger partial charge in [-0.05, 0) is 31.5 Å². The van der Waals surface area contributed by atoms with Crippen molar-refractivity contribution in [3.8, 4) is 0 Å². The summed E-state index contributed by atoms with van der Waals surface area (Å²) in [4.78, 5) is 20.8. The molecule has 2 aromatic heterocycles. The summed E-state index contributed by atoms with van der Waals surface area (Å²) < 4.78 is 0. The minimum atomic E-state index is -0.00985. The molecule has 0 unspecified atom stereocenters. The van der Waals surface area contributed by atoms with Crippen molar-refractivity contribution in [2.24, 2.45) is 0 Å². The van der Waals surface area contributed by atoms with E-state index >= 15 is 0 Å². The maximum atomic E-state index is 11.9. The zero-order valence-corrected chi connectivity index (χ0v) is 14.6. The number of fused-ring (bicyclic) bond motifs is 1.